The van der Waals surface area contributed by atoms with Crippen molar-refractivity contribution in [2.75, 3.05) is 7.11 Å². The number of esters is 1. The molecule has 0 aromatic heterocycles. The third-order valence-corrected chi connectivity index (χ3v) is 2.38. The van der Waals surface area contributed by atoms with Crippen LogP contribution in [0.3, 0.4) is 0 Å². The average molecular weight is 168 g/mol. The molecule has 0 N–H and O–H groups in total. The SMILES string of the molecule is C=C(C)CC1(CC(=O)OC)CC1. The van der Waals surface area contributed by atoms with Gasteiger partial charge in [0, 0.05) is 0 Å². The van der Waals surface area contributed by atoms with E-state index >= 15 is 0 Å². The van der Waals surface area contributed by atoms with E-state index < -0.39 is 0 Å². The molecule has 0 atom stereocenters. The van der Waals surface area contributed by atoms with E-state index in [1.165, 1.54) is 7.11 Å². The molecule has 0 aromatic carbocycles. The van der Waals surface area contributed by atoms with Crippen molar-refractivity contribution in [1.29, 1.82) is 0 Å². The Morgan fingerprint density at radius 2 is 2.08 bits per heavy atom. The van der Waals surface area contributed by atoms with E-state index in [1.54, 1.807) is 0 Å². The van der Waals surface area contributed by atoms with E-state index in [4.69, 9.17) is 0 Å². The first-order chi connectivity index (χ1) is 5.58. The van der Waals surface area contributed by atoms with Gasteiger partial charge in [-0.1, -0.05) is 5.57 Å². The largest absolute Gasteiger partial charge is 0.469 e. The Labute approximate surface area is 73.6 Å². The van der Waals surface area contributed by atoms with Gasteiger partial charge in [0.1, 0.15) is 0 Å². The van der Waals surface area contributed by atoms with Gasteiger partial charge in [0.25, 0.3) is 0 Å². The van der Waals surface area contributed by atoms with E-state index in [1.807, 2.05) is 6.92 Å². The quantitative estimate of drug-likeness (QED) is 0.475. The van der Waals surface area contributed by atoms with Gasteiger partial charge in [-0.25, -0.2) is 0 Å². The van der Waals surface area contributed by atoms with Crippen molar-refractivity contribution in [3.63, 3.8) is 0 Å². The number of carbonyl (C=O) groups excluding carboxylic acids is 1. The summed E-state index contributed by atoms with van der Waals surface area (Å²) in [6.07, 6.45) is 3.84. The number of hydrogen-bond donors (Lipinski definition) is 0. The summed E-state index contributed by atoms with van der Waals surface area (Å²) in [5.41, 5.74) is 1.38. The molecular formula is C10H16O2. The van der Waals surface area contributed by atoms with Crippen molar-refractivity contribution in [2.45, 2.75) is 32.6 Å². The molecule has 68 valence electrons. The summed E-state index contributed by atoms with van der Waals surface area (Å²) in [7, 11) is 1.44. The highest BCUT2D eigenvalue weighted by atomic mass is 16.5. The Kier molecular flexibility index (Phi) is 2.55. The molecule has 0 saturated heterocycles. The standard InChI is InChI=1S/C10H16O2/c1-8(2)6-10(4-5-10)7-9(11)12-3/h1,4-7H2,2-3H3. The van der Waals surface area contributed by atoms with Crippen molar-refractivity contribution in [3.05, 3.63) is 12.2 Å². The number of rotatable bonds is 4. The highest BCUT2D eigenvalue weighted by Crippen LogP contribution is 2.53. The smallest absolute Gasteiger partial charge is 0.306 e. The Balaban J connectivity index is 2.39. The second kappa shape index (κ2) is 3.30. The molecule has 0 aromatic rings. The molecule has 0 heterocycles. The molecule has 0 aliphatic heterocycles. The summed E-state index contributed by atoms with van der Waals surface area (Å²) in [6.45, 7) is 5.87. The third kappa shape index (κ3) is 2.36. The molecule has 1 fully saturated rings. The van der Waals surface area contributed by atoms with Crippen LogP contribution in [-0.2, 0) is 9.53 Å². The first-order valence-corrected chi connectivity index (χ1v) is 4.29. The molecule has 0 unspecified atom stereocenters. The van der Waals surface area contributed by atoms with Crippen LogP contribution in [0, 0.1) is 5.41 Å². The van der Waals surface area contributed by atoms with Crippen molar-refractivity contribution in [3.8, 4) is 0 Å². The summed E-state index contributed by atoms with van der Waals surface area (Å²) >= 11 is 0. The van der Waals surface area contributed by atoms with Gasteiger partial charge in [0.05, 0.1) is 13.5 Å². The molecule has 2 nitrogen and oxygen atoms in total. The van der Waals surface area contributed by atoms with Crippen LogP contribution in [0.2, 0.25) is 0 Å². The van der Waals surface area contributed by atoms with Crippen LogP contribution in [0.25, 0.3) is 0 Å². The number of carbonyl (C=O) groups is 1. The van der Waals surface area contributed by atoms with Crippen LogP contribution in [0.5, 0.6) is 0 Å². The molecule has 1 aliphatic carbocycles. The van der Waals surface area contributed by atoms with E-state index in [9.17, 15) is 4.79 Å². The predicted octanol–water partition coefficient (Wildman–Crippen LogP) is 2.30. The lowest BCUT2D eigenvalue weighted by atomic mass is 9.94. The first-order valence-electron chi connectivity index (χ1n) is 4.29. The number of allylic oxidation sites excluding steroid dienone is 1. The lowest BCUT2D eigenvalue weighted by Crippen LogP contribution is -2.10. The number of hydrogen-bond acceptors (Lipinski definition) is 2. The van der Waals surface area contributed by atoms with Gasteiger partial charge in [0.15, 0.2) is 0 Å². The maximum Gasteiger partial charge on any atom is 0.306 e. The van der Waals surface area contributed by atoms with Crippen LogP contribution < -0.4 is 0 Å². The molecule has 1 saturated carbocycles. The lowest BCUT2D eigenvalue weighted by molar-refractivity contribution is -0.142. The molecule has 12 heavy (non-hydrogen) atoms. The maximum absolute atomic E-state index is 11.0. The zero-order valence-corrected chi connectivity index (χ0v) is 7.85. The summed E-state index contributed by atoms with van der Waals surface area (Å²) in [6, 6.07) is 0. The van der Waals surface area contributed by atoms with E-state index in [0.29, 0.717) is 6.42 Å². The third-order valence-electron chi connectivity index (χ3n) is 2.38. The summed E-state index contributed by atoms with van der Waals surface area (Å²) < 4.78 is 4.64. The van der Waals surface area contributed by atoms with E-state index in [2.05, 4.69) is 11.3 Å². The second-order valence-corrected chi connectivity index (χ2v) is 3.89. The summed E-state index contributed by atoms with van der Waals surface area (Å²) in [5, 5.41) is 0. The zero-order valence-electron chi connectivity index (χ0n) is 7.85. The lowest BCUT2D eigenvalue weighted by Gasteiger charge is -2.12. The van der Waals surface area contributed by atoms with Gasteiger partial charge in [-0.05, 0) is 31.6 Å². The fourth-order valence-corrected chi connectivity index (χ4v) is 1.61. The average Bonchev–Trinajstić information content (AvgIpc) is 2.67. The Morgan fingerprint density at radius 3 is 2.42 bits per heavy atom. The van der Waals surface area contributed by atoms with E-state index in [0.717, 1.165) is 24.8 Å². The zero-order chi connectivity index (χ0) is 9.19. The van der Waals surface area contributed by atoms with Gasteiger partial charge in [-0.15, -0.1) is 6.58 Å². The Bertz CT molecular complexity index is 202. The van der Waals surface area contributed by atoms with Gasteiger partial charge in [-0.3, -0.25) is 4.79 Å². The van der Waals surface area contributed by atoms with Gasteiger partial charge < -0.3 is 4.74 Å². The molecule has 1 aliphatic rings. The Morgan fingerprint density at radius 1 is 1.50 bits per heavy atom. The van der Waals surface area contributed by atoms with Crippen LogP contribution in [0.15, 0.2) is 12.2 Å². The molecule has 0 radical (unpaired) electrons. The molecular weight excluding hydrogens is 152 g/mol. The minimum Gasteiger partial charge on any atom is -0.469 e. The maximum atomic E-state index is 11.0. The summed E-state index contributed by atoms with van der Waals surface area (Å²) in [4.78, 5) is 11.0. The fraction of sp³-hybridized carbons (Fsp3) is 0.700. The highest BCUT2D eigenvalue weighted by molar-refractivity contribution is 5.70. The molecule has 2 heteroatoms. The minimum atomic E-state index is -0.0891. The predicted molar refractivity (Wildman–Crippen MR) is 47.7 cm³/mol. The van der Waals surface area contributed by atoms with E-state index in [-0.39, 0.29) is 11.4 Å². The van der Waals surface area contributed by atoms with Crippen LogP contribution in [-0.4, -0.2) is 13.1 Å². The normalized spacial score (nSPS) is 18.5. The number of ether oxygens (including phenoxy) is 1. The first kappa shape index (κ1) is 9.30. The van der Waals surface area contributed by atoms with Crippen LogP contribution >= 0.6 is 0 Å². The van der Waals surface area contributed by atoms with Crippen molar-refractivity contribution in [1.82, 2.24) is 0 Å². The van der Waals surface area contributed by atoms with Crippen molar-refractivity contribution in [2.24, 2.45) is 5.41 Å². The monoisotopic (exact) mass is 168 g/mol. The van der Waals surface area contributed by atoms with Gasteiger partial charge in [-0.2, -0.15) is 0 Å². The minimum absolute atomic E-state index is 0.0891. The van der Waals surface area contributed by atoms with Gasteiger partial charge >= 0.3 is 5.97 Å². The highest BCUT2D eigenvalue weighted by Gasteiger charge is 2.44. The number of methoxy groups -OCH3 is 1. The summed E-state index contributed by atoms with van der Waals surface area (Å²) in [5.74, 6) is -0.0891. The molecule has 0 bridgehead atoms. The van der Waals surface area contributed by atoms with Crippen LogP contribution in [0.1, 0.15) is 32.6 Å². The van der Waals surface area contributed by atoms with Crippen molar-refractivity contribution >= 4 is 5.97 Å². The second-order valence-electron chi connectivity index (χ2n) is 3.89. The van der Waals surface area contributed by atoms with Gasteiger partial charge in [0.2, 0.25) is 0 Å². The topological polar surface area (TPSA) is 26.3 Å². The molecule has 1 rings (SSSR count). The molecule has 0 amide bonds. The van der Waals surface area contributed by atoms with Crippen LogP contribution in [0.4, 0.5) is 0 Å². The fourth-order valence-electron chi connectivity index (χ4n) is 1.61. The Hall–Kier alpha value is -0.790. The molecule has 0 spiro atoms. The van der Waals surface area contributed by atoms with Crippen molar-refractivity contribution < 1.29 is 9.53 Å².